The third-order valence-corrected chi connectivity index (χ3v) is 3.07. The Bertz CT molecular complexity index is 819. The minimum atomic E-state index is -0.861. The van der Waals surface area contributed by atoms with E-state index in [0.29, 0.717) is 10.3 Å². The Hall–Kier alpha value is -3.15. The lowest BCUT2D eigenvalue weighted by atomic mass is 10.2. The Morgan fingerprint density at radius 3 is 2.68 bits per heavy atom. The molecule has 0 saturated heterocycles. The van der Waals surface area contributed by atoms with Crippen molar-refractivity contribution in [2.45, 2.75) is 0 Å². The van der Waals surface area contributed by atoms with Crippen molar-refractivity contribution in [2.24, 2.45) is 0 Å². The fraction of sp³-hybridized carbons (Fsp3) is 0.0625. The Balaban J connectivity index is 1.69. The van der Waals surface area contributed by atoms with Crippen LogP contribution in [0.2, 0.25) is 0 Å². The Morgan fingerprint density at radius 2 is 1.91 bits per heavy atom. The molecule has 0 spiro atoms. The van der Waals surface area contributed by atoms with Crippen molar-refractivity contribution in [3.05, 3.63) is 71.4 Å². The van der Waals surface area contributed by atoms with E-state index >= 15 is 0 Å². The van der Waals surface area contributed by atoms with E-state index in [1.54, 1.807) is 18.2 Å². The first-order chi connectivity index (χ1) is 10.6. The number of rotatable bonds is 4. The molecule has 2 aromatic heterocycles. The van der Waals surface area contributed by atoms with Gasteiger partial charge in [-0.25, -0.2) is 4.79 Å². The molecule has 0 fully saturated rings. The Morgan fingerprint density at radius 1 is 1.14 bits per heavy atom. The number of hydrogen-bond donors (Lipinski definition) is 0. The first-order valence-electron chi connectivity index (χ1n) is 6.52. The summed E-state index contributed by atoms with van der Waals surface area (Å²) in [6.45, 7) is -0.493. The number of esters is 1. The van der Waals surface area contributed by atoms with Gasteiger partial charge in [0.1, 0.15) is 5.58 Å². The quantitative estimate of drug-likeness (QED) is 0.319. The van der Waals surface area contributed by atoms with Crippen LogP contribution in [0.4, 0.5) is 0 Å². The van der Waals surface area contributed by atoms with Crippen LogP contribution in [0, 0.1) is 5.21 Å². The van der Waals surface area contributed by atoms with Crippen LogP contribution >= 0.6 is 0 Å². The molecule has 1 aromatic carbocycles. The van der Waals surface area contributed by atoms with E-state index in [1.165, 1.54) is 24.4 Å². The third kappa shape index (κ3) is 2.67. The van der Waals surface area contributed by atoms with Gasteiger partial charge in [0.05, 0.1) is 0 Å². The highest BCUT2D eigenvalue weighted by molar-refractivity contribution is 5.99. The van der Waals surface area contributed by atoms with Gasteiger partial charge in [-0.05, 0) is 18.2 Å². The highest BCUT2D eigenvalue weighted by atomic mass is 16.5. The summed E-state index contributed by atoms with van der Waals surface area (Å²) in [4.78, 5) is 23.7. The molecule has 0 aliphatic carbocycles. The molecule has 0 amide bonds. The number of fused-ring (bicyclic) bond motifs is 1. The number of Topliss-reactive ketones (excluding diaryl/α,β-unsaturated/α-hetero) is 1. The molecule has 0 aliphatic rings. The molecular weight excluding hydrogens is 286 g/mol. The molecule has 0 atom stereocenters. The molecule has 0 bridgehead atoms. The van der Waals surface area contributed by atoms with E-state index in [0.717, 1.165) is 5.39 Å². The predicted octanol–water partition coefficient (Wildman–Crippen LogP) is 2.11. The number of ether oxygens (including phenoxy) is 1. The van der Waals surface area contributed by atoms with Crippen molar-refractivity contribution in [3.63, 3.8) is 0 Å². The summed E-state index contributed by atoms with van der Waals surface area (Å²) in [6, 6.07) is 13.1. The van der Waals surface area contributed by atoms with E-state index in [-0.39, 0.29) is 11.5 Å². The van der Waals surface area contributed by atoms with Gasteiger partial charge in [0, 0.05) is 17.5 Å². The van der Waals surface area contributed by atoms with Crippen LogP contribution in [0.3, 0.4) is 0 Å². The molecule has 0 N–H and O–H groups in total. The minimum Gasteiger partial charge on any atom is -0.618 e. The standard InChI is InChI=1S/C16H11NO5/c18-13(15-9-11-5-1-2-7-14(11)22-15)10-21-16(19)12-6-3-4-8-17(12)20/h1-9H,10H2. The van der Waals surface area contributed by atoms with Crippen LogP contribution in [0.15, 0.2) is 59.1 Å². The zero-order valence-electron chi connectivity index (χ0n) is 11.4. The summed E-state index contributed by atoms with van der Waals surface area (Å²) < 4.78 is 10.6. The van der Waals surface area contributed by atoms with Gasteiger partial charge in [0.25, 0.3) is 0 Å². The zero-order valence-corrected chi connectivity index (χ0v) is 11.4. The van der Waals surface area contributed by atoms with Gasteiger partial charge in [-0.2, -0.15) is 4.73 Å². The maximum absolute atomic E-state index is 12.0. The number of pyridine rings is 1. The molecule has 6 heteroatoms. The topological polar surface area (TPSA) is 83.5 Å². The van der Waals surface area contributed by atoms with Crippen LogP contribution in [0.1, 0.15) is 21.0 Å². The highest BCUT2D eigenvalue weighted by Gasteiger charge is 2.20. The van der Waals surface area contributed by atoms with E-state index in [1.807, 2.05) is 12.1 Å². The van der Waals surface area contributed by atoms with Gasteiger partial charge in [-0.1, -0.05) is 18.2 Å². The largest absolute Gasteiger partial charge is 0.618 e. The molecule has 0 saturated carbocycles. The average Bonchev–Trinajstić information content (AvgIpc) is 2.97. The van der Waals surface area contributed by atoms with Crippen LogP contribution in [-0.4, -0.2) is 18.4 Å². The summed E-state index contributed by atoms with van der Waals surface area (Å²) in [7, 11) is 0. The first-order valence-corrected chi connectivity index (χ1v) is 6.52. The second-order valence-corrected chi connectivity index (χ2v) is 4.56. The number of furan rings is 1. The normalized spacial score (nSPS) is 10.5. The van der Waals surface area contributed by atoms with Gasteiger partial charge in [-0.3, -0.25) is 4.79 Å². The average molecular weight is 297 g/mol. The van der Waals surface area contributed by atoms with Gasteiger partial charge < -0.3 is 14.4 Å². The highest BCUT2D eigenvalue weighted by Crippen LogP contribution is 2.19. The molecule has 0 unspecified atom stereocenters. The molecule has 22 heavy (non-hydrogen) atoms. The number of aromatic nitrogens is 1. The minimum absolute atomic E-state index is 0.108. The van der Waals surface area contributed by atoms with Crippen LogP contribution in [-0.2, 0) is 4.74 Å². The molecule has 0 aliphatic heterocycles. The van der Waals surface area contributed by atoms with Crippen LogP contribution < -0.4 is 4.73 Å². The van der Waals surface area contributed by atoms with Gasteiger partial charge in [0.15, 0.2) is 18.6 Å². The second kappa shape index (κ2) is 5.69. The van der Waals surface area contributed by atoms with E-state index in [2.05, 4.69) is 0 Å². The van der Waals surface area contributed by atoms with Crippen molar-refractivity contribution < 1.29 is 23.5 Å². The zero-order chi connectivity index (χ0) is 15.5. The fourth-order valence-electron chi connectivity index (χ4n) is 1.98. The Kier molecular flexibility index (Phi) is 3.57. The smallest absolute Gasteiger partial charge is 0.405 e. The van der Waals surface area contributed by atoms with Gasteiger partial charge in [0.2, 0.25) is 5.78 Å². The predicted molar refractivity (Wildman–Crippen MR) is 76.2 cm³/mol. The lowest BCUT2D eigenvalue weighted by Gasteiger charge is -2.03. The summed E-state index contributed by atoms with van der Waals surface area (Å²) in [5, 5.41) is 12.2. The van der Waals surface area contributed by atoms with Crippen molar-refractivity contribution in [3.8, 4) is 0 Å². The number of carbonyl (C=O) groups is 2. The van der Waals surface area contributed by atoms with E-state index in [9.17, 15) is 14.8 Å². The van der Waals surface area contributed by atoms with Gasteiger partial charge >= 0.3 is 11.7 Å². The molecule has 3 aromatic rings. The van der Waals surface area contributed by atoms with Crippen molar-refractivity contribution >= 4 is 22.7 Å². The molecule has 3 rings (SSSR count). The third-order valence-electron chi connectivity index (χ3n) is 3.07. The number of hydrogen-bond acceptors (Lipinski definition) is 5. The Labute approximate surface area is 125 Å². The van der Waals surface area contributed by atoms with Crippen LogP contribution in [0.25, 0.3) is 11.0 Å². The van der Waals surface area contributed by atoms with E-state index in [4.69, 9.17) is 9.15 Å². The monoisotopic (exact) mass is 297 g/mol. The molecule has 0 radical (unpaired) electrons. The molecule has 2 heterocycles. The fourth-order valence-corrected chi connectivity index (χ4v) is 1.98. The summed E-state index contributed by atoms with van der Waals surface area (Å²) in [5.41, 5.74) is 0.401. The first kappa shape index (κ1) is 13.8. The summed E-state index contributed by atoms with van der Waals surface area (Å²) >= 11 is 0. The SMILES string of the molecule is O=C(COC(=O)c1cccc[n+]1[O-])c1cc2ccccc2o1. The summed E-state index contributed by atoms with van der Waals surface area (Å²) in [6.07, 6.45) is 1.18. The van der Waals surface area contributed by atoms with Crippen molar-refractivity contribution in [1.29, 1.82) is 0 Å². The molecule has 110 valence electrons. The second-order valence-electron chi connectivity index (χ2n) is 4.56. The number of para-hydroxylation sites is 1. The number of nitrogens with zero attached hydrogens (tertiary/aromatic N) is 1. The number of benzene rings is 1. The number of ketones is 1. The van der Waals surface area contributed by atoms with Crippen LogP contribution in [0.5, 0.6) is 0 Å². The maximum Gasteiger partial charge on any atom is 0.405 e. The van der Waals surface area contributed by atoms with Crippen molar-refractivity contribution in [1.82, 2.24) is 0 Å². The lowest BCUT2D eigenvalue weighted by molar-refractivity contribution is -0.608. The molecular formula is C16H11NO5. The van der Waals surface area contributed by atoms with Gasteiger partial charge in [-0.15, -0.1) is 0 Å². The van der Waals surface area contributed by atoms with Crippen molar-refractivity contribution in [2.75, 3.05) is 6.61 Å². The summed E-state index contributed by atoms with van der Waals surface area (Å²) in [5.74, 6) is -1.23. The lowest BCUT2D eigenvalue weighted by Crippen LogP contribution is -2.35. The number of carbonyl (C=O) groups excluding carboxylic acids is 2. The maximum atomic E-state index is 12.0. The van der Waals surface area contributed by atoms with E-state index < -0.39 is 18.4 Å². The molecule has 6 nitrogen and oxygen atoms in total.